The Hall–Kier alpha value is -3.10. The van der Waals surface area contributed by atoms with E-state index in [0.717, 1.165) is 6.07 Å². The van der Waals surface area contributed by atoms with Crippen LogP contribution >= 0.6 is 0 Å². The van der Waals surface area contributed by atoms with Crippen LogP contribution in [-0.2, 0) is 4.79 Å². The zero-order valence-electron chi connectivity index (χ0n) is 10.2. The zero-order valence-corrected chi connectivity index (χ0v) is 10.2. The van der Waals surface area contributed by atoms with E-state index in [0.29, 0.717) is 0 Å². The minimum atomic E-state index is -0.785. The Labute approximate surface area is 112 Å². The van der Waals surface area contributed by atoms with Gasteiger partial charge in [-0.15, -0.1) is 0 Å². The van der Waals surface area contributed by atoms with Crippen molar-refractivity contribution >= 4 is 23.7 Å². The number of imide groups is 1. The van der Waals surface area contributed by atoms with Gasteiger partial charge in [0.05, 0.1) is 12.0 Å². The third kappa shape index (κ3) is 2.36. The quantitative estimate of drug-likeness (QED) is 0.319. The van der Waals surface area contributed by atoms with Gasteiger partial charge in [-0.05, 0) is 17.7 Å². The molecule has 20 heavy (non-hydrogen) atoms. The van der Waals surface area contributed by atoms with Gasteiger partial charge in [0, 0.05) is 6.07 Å². The lowest BCUT2D eigenvalue weighted by molar-refractivity contribution is -0.386. The second-order valence-electron chi connectivity index (χ2n) is 3.81. The van der Waals surface area contributed by atoms with Crippen LogP contribution in [0.15, 0.2) is 17.8 Å². The molecule has 1 saturated heterocycles. The Bertz CT molecular complexity index is 652. The van der Waals surface area contributed by atoms with Gasteiger partial charge < -0.3 is 15.2 Å². The number of nitrogens with zero attached hydrogens (tertiary/aromatic N) is 1. The van der Waals surface area contributed by atoms with Crippen LogP contribution < -0.4 is 15.4 Å². The molecule has 1 aliphatic rings. The number of benzene rings is 1. The minimum absolute atomic E-state index is 0.0583. The number of aromatic hydroxyl groups is 1. The molecule has 2 rings (SSSR count). The van der Waals surface area contributed by atoms with Gasteiger partial charge >= 0.3 is 11.7 Å². The molecule has 9 nitrogen and oxygen atoms in total. The molecule has 1 aromatic carbocycles. The van der Waals surface area contributed by atoms with Crippen molar-refractivity contribution in [1.29, 1.82) is 0 Å². The molecule has 0 radical (unpaired) electrons. The molecule has 3 N–H and O–H groups in total. The van der Waals surface area contributed by atoms with Gasteiger partial charge in [-0.3, -0.25) is 20.2 Å². The Kier molecular flexibility index (Phi) is 3.25. The molecule has 1 heterocycles. The molecule has 0 unspecified atom stereocenters. The number of carbonyl (C=O) groups excluding carboxylic acids is 2. The van der Waals surface area contributed by atoms with Gasteiger partial charge in [0.2, 0.25) is 5.75 Å². The molecule has 3 amide bonds. The summed E-state index contributed by atoms with van der Waals surface area (Å²) in [6.07, 6.45) is 1.23. The first-order chi connectivity index (χ1) is 9.42. The predicted molar refractivity (Wildman–Crippen MR) is 66.0 cm³/mol. The number of rotatable bonds is 3. The number of amides is 3. The normalized spacial score (nSPS) is 15.9. The third-order valence-electron chi connectivity index (χ3n) is 2.52. The lowest BCUT2D eigenvalue weighted by Gasteiger charge is -2.05. The van der Waals surface area contributed by atoms with Gasteiger partial charge in [0.25, 0.3) is 5.91 Å². The van der Waals surface area contributed by atoms with E-state index in [2.05, 4.69) is 5.32 Å². The number of urea groups is 1. The van der Waals surface area contributed by atoms with Crippen molar-refractivity contribution < 1.29 is 24.4 Å². The Balaban J connectivity index is 2.50. The average molecular weight is 279 g/mol. The topological polar surface area (TPSA) is 131 Å². The highest BCUT2D eigenvalue weighted by Crippen LogP contribution is 2.37. The highest BCUT2D eigenvalue weighted by molar-refractivity contribution is 6.14. The summed E-state index contributed by atoms with van der Waals surface area (Å²) in [5.41, 5.74) is -0.406. The first-order valence-electron chi connectivity index (χ1n) is 5.32. The van der Waals surface area contributed by atoms with E-state index in [1.54, 1.807) is 0 Å². The van der Waals surface area contributed by atoms with Crippen molar-refractivity contribution in [2.45, 2.75) is 0 Å². The van der Waals surface area contributed by atoms with Gasteiger partial charge in [0.1, 0.15) is 5.70 Å². The minimum Gasteiger partial charge on any atom is -0.500 e. The molecule has 0 aromatic heterocycles. The number of hydrogen-bond donors (Lipinski definition) is 3. The first kappa shape index (κ1) is 13.3. The number of nitrogens with one attached hydrogen (secondary N) is 2. The highest BCUT2D eigenvalue weighted by Gasteiger charge is 2.24. The molecule has 1 aliphatic heterocycles. The molecule has 0 aliphatic carbocycles. The summed E-state index contributed by atoms with van der Waals surface area (Å²) < 4.78 is 4.82. The van der Waals surface area contributed by atoms with Crippen LogP contribution in [-0.4, -0.2) is 29.1 Å². The summed E-state index contributed by atoms with van der Waals surface area (Å²) >= 11 is 0. The van der Waals surface area contributed by atoms with E-state index < -0.39 is 28.3 Å². The summed E-state index contributed by atoms with van der Waals surface area (Å²) in [7, 11) is 1.24. The number of methoxy groups -OCH3 is 1. The summed E-state index contributed by atoms with van der Waals surface area (Å²) in [4.78, 5) is 32.3. The fourth-order valence-electron chi connectivity index (χ4n) is 1.64. The van der Waals surface area contributed by atoms with Crippen LogP contribution in [0.1, 0.15) is 5.56 Å². The summed E-state index contributed by atoms with van der Waals surface area (Å²) in [5.74, 6) is -1.37. The SMILES string of the molecule is COc1cc(C=C2NC(=O)NC2=O)cc([N+](=O)[O-])c1O. The van der Waals surface area contributed by atoms with Crippen LogP contribution in [0.25, 0.3) is 6.08 Å². The molecule has 1 aromatic rings. The summed E-state index contributed by atoms with van der Waals surface area (Å²) in [6.45, 7) is 0. The van der Waals surface area contributed by atoms with Crippen molar-refractivity contribution in [2.75, 3.05) is 7.11 Å². The number of phenolic OH excluding ortho intramolecular Hbond substituents is 1. The van der Waals surface area contributed by atoms with Crippen molar-refractivity contribution in [2.24, 2.45) is 0 Å². The van der Waals surface area contributed by atoms with E-state index in [1.807, 2.05) is 5.32 Å². The standard InChI is InChI=1S/C11H9N3O6/c1-20-8-4-5(3-7(9(8)15)14(18)19)2-6-10(16)13-11(17)12-6/h2-4,15H,1H3,(H2,12,13,16,17). The summed E-state index contributed by atoms with van der Waals surface area (Å²) in [6, 6.07) is 1.68. The van der Waals surface area contributed by atoms with E-state index in [1.165, 1.54) is 19.3 Å². The average Bonchev–Trinajstić information content (AvgIpc) is 2.69. The smallest absolute Gasteiger partial charge is 0.326 e. The molecule has 104 valence electrons. The molecule has 9 heteroatoms. The van der Waals surface area contributed by atoms with Crippen molar-refractivity contribution in [3.63, 3.8) is 0 Å². The molecule has 0 atom stereocenters. The maximum absolute atomic E-state index is 11.4. The van der Waals surface area contributed by atoms with Crippen molar-refractivity contribution in [3.05, 3.63) is 33.5 Å². The maximum Gasteiger partial charge on any atom is 0.326 e. The van der Waals surface area contributed by atoms with Gasteiger partial charge in [-0.25, -0.2) is 4.79 Å². The number of hydrogen-bond acceptors (Lipinski definition) is 6. The molecular weight excluding hydrogens is 270 g/mol. The van der Waals surface area contributed by atoms with Gasteiger partial charge in [0.15, 0.2) is 5.75 Å². The van der Waals surface area contributed by atoms with Crippen molar-refractivity contribution in [3.8, 4) is 11.5 Å². The zero-order chi connectivity index (χ0) is 14.9. The summed E-state index contributed by atoms with van der Waals surface area (Å²) in [5, 5.41) is 24.7. The lowest BCUT2D eigenvalue weighted by Crippen LogP contribution is -2.22. The molecular formula is C11H9N3O6. The molecule has 0 saturated carbocycles. The maximum atomic E-state index is 11.4. The lowest BCUT2D eigenvalue weighted by atomic mass is 10.1. The number of carbonyl (C=O) groups is 2. The van der Waals surface area contributed by atoms with Crippen LogP contribution in [0, 0.1) is 10.1 Å². The van der Waals surface area contributed by atoms with Gasteiger partial charge in [-0.2, -0.15) is 0 Å². The second kappa shape index (κ2) is 4.88. The highest BCUT2D eigenvalue weighted by atomic mass is 16.6. The predicted octanol–water partition coefficient (Wildman–Crippen LogP) is 0.489. The van der Waals surface area contributed by atoms with Crippen LogP contribution in [0.4, 0.5) is 10.5 Å². The van der Waals surface area contributed by atoms with Gasteiger partial charge in [-0.1, -0.05) is 0 Å². The molecule has 0 spiro atoms. The van der Waals surface area contributed by atoms with E-state index >= 15 is 0 Å². The monoisotopic (exact) mass is 279 g/mol. The number of phenols is 1. The van der Waals surface area contributed by atoms with E-state index in [4.69, 9.17) is 4.74 Å². The fraction of sp³-hybridized carbons (Fsp3) is 0.0909. The van der Waals surface area contributed by atoms with Crippen LogP contribution in [0.3, 0.4) is 0 Å². The Morgan fingerprint density at radius 3 is 2.55 bits per heavy atom. The fourth-order valence-corrected chi connectivity index (χ4v) is 1.64. The number of nitro benzene ring substituents is 1. The number of ether oxygens (including phenoxy) is 1. The molecule has 1 fully saturated rings. The van der Waals surface area contributed by atoms with E-state index in [-0.39, 0.29) is 17.0 Å². The van der Waals surface area contributed by atoms with E-state index in [9.17, 15) is 24.8 Å². The second-order valence-corrected chi connectivity index (χ2v) is 3.81. The largest absolute Gasteiger partial charge is 0.500 e. The van der Waals surface area contributed by atoms with Crippen LogP contribution in [0.2, 0.25) is 0 Å². The molecule has 0 bridgehead atoms. The Morgan fingerprint density at radius 2 is 2.05 bits per heavy atom. The number of nitro groups is 1. The van der Waals surface area contributed by atoms with Crippen molar-refractivity contribution in [1.82, 2.24) is 10.6 Å². The van der Waals surface area contributed by atoms with Crippen LogP contribution in [0.5, 0.6) is 11.5 Å². The first-order valence-corrected chi connectivity index (χ1v) is 5.32. The third-order valence-corrected chi connectivity index (χ3v) is 2.52. The Morgan fingerprint density at radius 1 is 1.35 bits per heavy atom.